The molecule has 1 unspecified atom stereocenters. The van der Waals surface area contributed by atoms with Gasteiger partial charge in [-0.15, -0.1) is 0 Å². The van der Waals surface area contributed by atoms with Crippen molar-refractivity contribution in [3.63, 3.8) is 0 Å². The minimum atomic E-state index is -0.397. The van der Waals surface area contributed by atoms with Gasteiger partial charge in [0.1, 0.15) is 0 Å². The molecule has 5 heteroatoms. The van der Waals surface area contributed by atoms with E-state index in [0.717, 1.165) is 25.9 Å². The highest BCUT2D eigenvalue weighted by Gasteiger charge is 2.38. The molecule has 0 saturated carbocycles. The van der Waals surface area contributed by atoms with E-state index < -0.39 is 5.41 Å². The van der Waals surface area contributed by atoms with Crippen molar-refractivity contribution in [1.29, 1.82) is 0 Å². The Kier molecular flexibility index (Phi) is 5.19. The van der Waals surface area contributed by atoms with E-state index in [1.54, 1.807) is 0 Å². The average molecular weight is 269 g/mol. The summed E-state index contributed by atoms with van der Waals surface area (Å²) in [5.74, 6) is 0.122. The topological polar surface area (TPSA) is 67.6 Å². The van der Waals surface area contributed by atoms with Crippen molar-refractivity contribution in [2.24, 2.45) is 11.1 Å². The monoisotopic (exact) mass is 269 g/mol. The molecule has 19 heavy (non-hydrogen) atoms. The SMILES string of the molecule is CN1CCCCC1CNC(=O)C1(CN)CCOCC1. The molecule has 1 amide bonds. The molecule has 2 fully saturated rings. The molecular weight excluding hydrogens is 242 g/mol. The second-order valence-electron chi connectivity index (χ2n) is 5.94. The van der Waals surface area contributed by atoms with Gasteiger partial charge in [-0.25, -0.2) is 0 Å². The maximum absolute atomic E-state index is 12.4. The van der Waals surface area contributed by atoms with E-state index in [4.69, 9.17) is 10.5 Å². The zero-order valence-electron chi connectivity index (χ0n) is 12.0. The van der Waals surface area contributed by atoms with Gasteiger partial charge in [0.05, 0.1) is 5.41 Å². The lowest BCUT2D eigenvalue weighted by atomic mass is 9.79. The zero-order valence-corrected chi connectivity index (χ0v) is 12.0. The minimum Gasteiger partial charge on any atom is -0.381 e. The Bertz CT molecular complexity index is 303. The molecule has 1 atom stereocenters. The van der Waals surface area contributed by atoms with Crippen LogP contribution in [0.15, 0.2) is 0 Å². The number of hydrogen-bond acceptors (Lipinski definition) is 4. The smallest absolute Gasteiger partial charge is 0.227 e. The number of nitrogens with one attached hydrogen (secondary N) is 1. The van der Waals surface area contributed by atoms with Crippen molar-refractivity contribution in [3.8, 4) is 0 Å². The Morgan fingerprint density at radius 3 is 2.79 bits per heavy atom. The number of rotatable bonds is 4. The van der Waals surface area contributed by atoms with Crippen LogP contribution in [-0.2, 0) is 9.53 Å². The maximum Gasteiger partial charge on any atom is 0.227 e. The quantitative estimate of drug-likeness (QED) is 0.772. The van der Waals surface area contributed by atoms with E-state index in [9.17, 15) is 4.79 Å². The fourth-order valence-electron chi connectivity index (χ4n) is 3.09. The van der Waals surface area contributed by atoms with Gasteiger partial charge in [0.15, 0.2) is 0 Å². The largest absolute Gasteiger partial charge is 0.381 e. The van der Waals surface area contributed by atoms with Crippen molar-refractivity contribution in [2.75, 3.05) is 39.9 Å². The van der Waals surface area contributed by atoms with Gasteiger partial charge in [0, 0.05) is 32.3 Å². The molecule has 2 aliphatic rings. The first kappa shape index (κ1) is 14.8. The Hall–Kier alpha value is -0.650. The summed E-state index contributed by atoms with van der Waals surface area (Å²) >= 11 is 0. The minimum absolute atomic E-state index is 0.122. The molecule has 2 aliphatic heterocycles. The number of carbonyl (C=O) groups excluding carboxylic acids is 1. The van der Waals surface area contributed by atoms with Crippen LogP contribution in [0, 0.1) is 5.41 Å². The standard InChI is InChI=1S/C14H27N3O2/c1-17-7-3-2-4-12(17)10-16-13(18)14(11-15)5-8-19-9-6-14/h12H,2-11,15H2,1H3,(H,16,18). The first-order valence-electron chi connectivity index (χ1n) is 7.44. The van der Waals surface area contributed by atoms with E-state index in [1.165, 1.54) is 19.3 Å². The van der Waals surface area contributed by atoms with Crippen molar-refractivity contribution >= 4 is 5.91 Å². The number of nitrogens with two attached hydrogens (primary N) is 1. The van der Waals surface area contributed by atoms with Gasteiger partial charge in [-0.2, -0.15) is 0 Å². The van der Waals surface area contributed by atoms with Gasteiger partial charge in [0.25, 0.3) is 0 Å². The third kappa shape index (κ3) is 3.46. The third-order valence-electron chi connectivity index (χ3n) is 4.74. The predicted molar refractivity (Wildman–Crippen MR) is 74.8 cm³/mol. The molecule has 0 aromatic heterocycles. The summed E-state index contributed by atoms with van der Waals surface area (Å²) in [7, 11) is 2.14. The molecule has 0 aromatic rings. The van der Waals surface area contributed by atoms with E-state index in [1.807, 2.05) is 0 Å². The first-order valence-corrected chi connectivity index (χ1v) is 7.44. The van der Waals surface area contributed by atoms with Crippen molar-refractivity contribution in [1.82, 2.24) is 10.2 Å². The van der Waals surface area contributed by atoms with Crippen LogP contribution in [0.5, 0.6) is 0 Å². The summed E-state index contributed by atoms with van der Waals surface area (Å²) in [5.41, 5.74) is 5.45. The van der Waals surface area contributed by atoms with Crippen LogP contribution in [0.4, 0.5) is 0 Å². The van der Waals surface area contributed by atoms with E-state index in [-0.39, 0.29) is 5.91 Å². The molecule has 5 nitrogen and oxygen atoms in total. The van der Waals surface area contributed by atoms with Gasteiger partial charge in [-0.05, 0) is 39.3 Å². The molecule has 0 spiro atoms. The molecule has 0 radical (unpaired) electrons. The van der Waals surface area contributed by atoms with Crippen LogP contribution in [0.25, 0.3) is 0 Å². The van der Waals surface area contributed by atoms with Crippen LogP contribution in [-0.4, -0.2) is 56.7 Å². The predicted octanol–water partition coefficient (Wildman–Crippen LogP) is 0.342. The fourth-order valence-corrected chi connectivity index (χ4v) is 3.09. The van der Waals surface area contributed by atoms with Crippen LogP contribution < -0.4 is 11.1 Å². The number of amides is 1. The molecule has 0 bridgehead atoms. The molecular formula is C14H27N3O2. The molecule has 110 valence electrons. The molecule has 3 N–H and O–H groups in total. The van der Waals surface area contributed by atoms with Crippen LogP contribution in [0.2, 0.25) is 0 Å². The van der Waals surface area contributed by atoms with Gasteiger partial charge in [-0.1, -0.05) is 6.42 Å². The lowest BCUT2D eigenvalue weighted by Crippen LogP contribution is -2.52. The molecule has 0 aliphatic carbocycles. The lowest BCUT2D eigenvalue weighted by molar-refractivity contribution is -0.136. The van der Waals surface area contributed by atoms with E-state index in [2.05, 4.69) is 17.3 Å². The Labute approximate surface area is 115 Å². The normalized spacial score (nSPS) is 28.0. The molecule has 2 heterocycles. The van der Waals surface area contributed by atoms with Crippen molar-refractivity contribution in [2.45, 2.75) is 38.1 Å². The number of piperidine rings is 1. The highest BCUT2D eigenvalue weighted by atomic mass is 16.5. The highest BCUT2D eigenvalue weighted by Crippen LogP contribution is 2.29. The van der Waals surface area contributed by atoms with Gasteiger partial charge < -0.3 is 20.7 Å². The average Bonchev–Trinajstić information content (AvgIpc) is 2.46. The molecule has 2 rings (SSSR count). The van der Waals surface area contributed by atoms with Gasteiger partial charge in [-0.3, -0.25) is 4.79 Å². The summed E-state index contributed by atoms with van der Waals surface area (Å²) in [5, 5.41) is 3.13. The highest BCUT2D eigenvalue weighted by molar-refractivity contribution is 5.83. The number of likely N-dealkylation sites (N-methyl/N-ethyl adjacent to an activating group) is 1. The second kappa shape index (κ2) is 6.68. The molecule has 0 aromatic carbocycles. The lowest BCUT2D eigenvalue weighted by Gasteiger charge is -2.37. The number of ether oxygens (including phenoxy) is 1. The van der Waals surface area contributed by atoms with Gasteiger partial charge >= 0.3 is 0 Å². The Morgan fingerprint density at radius 2 is 2.16 bits per heavy atom. The third-order valence-corrected chi connectivity index (χ3v) is 4.74. The first-order chi connectivity index (χ1) is 9.18. The number of likely N-dealkylation sites (tertiary alicyclic amines) is 1. The van der Waals surface area contributed by atoms with Crippen LogP contribution in [0.1, 0.15) is 32.1 Å². The van der Waals surface area contributed by atoms with E-state index in [0.29, 0.717) is 25.8 Å². The maximum atomic E-state index is 12.4. The Morgan fingerprint density at radius 1 is 1.42 bits per heavy atom. The van der Waals surface area contributed by atoms with Crippen molar-refractivity contribution < 1.29 is 9.53 Å². The Balaban J connectivity index is 1.85. The summed E-state index contributed by atoms with van der Waals surface area (Å²) in [4.78, 5) is 14.8. The summed E-state index contributed by atoms with van der Waals surface area (Å²) < 4.78 is 5.34. The number of carbonyl (C=O) groups is 1. The summed E-state index contributed by atoms with van der Waals surface area (Å²) in [6, 6.07) is 0.479. The van der Waals surface area contributed by atoms with Crippen LogP contribution >= 0.6 is 0 Å². The summed E-state index contributed by atoms with van der Waals surface area (Å²) in [6.45, 7) is 3.60. The van der Waals surface area contributed by atoms with Crippen molar-refractivity contribution in [3.05, 3.63) is 0 Å². The number of nitrogens with zero attached hydrogens (tertiary/aromatic N) is 1. The van der Waals surface area contributed by atoms with Crippen LogP contribution in [0.3, 0.4) is 0 Å². The fraction of sp³-hybridized carbons (Fsp3) is 0.929. The molecule has 2 saturated heterocycles. The number of hydrogen-bond donors (Lipinski definition) is 2. The van der Waals surface area contributed by atoms with Gasteiger partial charge in [0.2, 0.25) is 5.91 Å². The second-order valence-corrected chi connectivity index (χ2v) is 5.94. The summed E-state index contributed by atoms with van der Waals surface area (Å²) in [6.07, 6.45) is 5.20. The zero-order chi connectivity index (χ0) is 13.7. The van der Waals surface area contributed by atoms with E-state index >= 15 is 0 Å².